The standard InChI is InChI=1S/C21H20ClN3O3/c1-3-10-25(21(28)19(26)14-6-4-13(2)5-7-14)12-18-23-17-11-15(22)8-9-16(17)20(27)24-18/h4-9,11H,3,10,12H2,1-2H3,(H,23,24,27). The second-order valence-electron chi connectivity index (χ2n) is 6.60. The Morgan fingerprint density at radius 2 is 1.86 bits per heavy atom. The molecule has 28 heavy (non-hydrogen) atoms. The molecule has 6 nitrogen and oxygen atoms in total. The van der Waals surface area contributed by atoms with Gasteiger partial charge in [0.25, 0.3) is 11.5 Å². The summed E-state index contributed by atoms with van der Waals surface area (Å²) in [5.74, 6) is -0.905. The third-order valence-corrected chi connectivity index (χ3v) is 4.58. The van der Waals surface area contributed by atoms with E-state index in [1.165, 1.54) is 4.90 Å². The normalized spacial score (nSPS) is 10.8. The van der Waals surface area contributed by atoms with E-state index >= 15 is 0 Å². The molecule has 144 valence electrons. The van der Waals surface area contributed by atoms with Gasteiger partial charge in [0.15, 0.2) is 0 Å². The summed E-state index contributed by atoms with van der Waals surface area (Å²) in [6.07, 6.45) is 0.663. The highest BCUT2D eigenvalue weighted by Gasteiger charge is 2.23. The van der Waals surface area contributed by atoms with Crippen molar-refractivity contribution in [3.05, 3.63) is 74.8 Å². The summed E-state index contributed by atoms with van der Waals surface area (Å²) in [6, 6.07) is 11.7. The number of carbonyl (C=O) groups excluding carboxylic acids is 2. The molecule has 0 unspecified atom stereocenters. The van der Waals surface area contributed by atoms with E-state index in [2.05, 4.69) is 9.97 Å². The van der Waals surface area contributed by atoms with E-state index < -0.39 is 11.7 Å². The van der Waals surface area contributed by atoms with Crippen LogP contribution in [0.5, 0.6) is 0 Å². The van der Waals surface area contributed by atoms with Crippen molar-refractivity contribution in [2.75, 3.05) is 6.54 Å². The van der Waals surface area contributed by atoms with Crippen molar-refractivity contribution in [1.82, 2.24) is 14.9 Å². The molecule has 7 heteroatoms. The number of rotatable bonds is 6. The van der Waals surface area contributed by atoms with Gasteiger partial charge in [0.05, 0.1) is 17.4 Å². The molecule has 0 saturated heterocycles. The van der Waals surface area contributed by atoms with E-state index in [9.17, 15) is 14.4 Å². The van der Waals surface area contributed by atoms with Gasteiger partial charge in [0.2, 0.25) is 5.78 Å². The van der Waals surface area contributed by atoms with Crippen LogP contribution in [-0.2, 0) is 11.3 Å². The van der Waals surface area contributed by atoms with Crippen LogP contribution in [0.25, 0.3) is 10.9 Å². The Kier molecular flexibility index (Phi) is 5.90. The number of aromatic amines is 1. The van der Waals surface area contributed by atoms with Gasteiger partial charge < -0.3 is 9.88 Å². The largest absolute Gasteiger partial charge is 0.328 e. The number of ketones is 1. The monoisotopic (exact) mass is 397 g/mol. The Balaban J connectivity index is 1.89. The van der Waals surface area contributed by atoms with Crippen molar-refractivity contribution in [1.29, 1.82) is 0 Å². The highest BCUT2D eigenvalue weighted by molar-refractivity contribution is 6.42. The number of nitrogens with one attached hydrogen (secondary N) is 1. The molecule has 0 spiro atoms. The average molecular weight is 398 g/mol. The summed E-state index contributed by atoms with van der Waals surface area (Å²) in [6.45, 7) is 4.22. The van der Waals surface area contributed by atoms with Gasteiger partial charge in [0.1, 0.15) is 5.82 Å². The maximum Gasteiger partial charge on any atom is 0.295 e. The molecule has 3 aromatic rings. The van der Waals surface area contributed by atoms with Gasteiger partial charge in [-0.3, -0.25) is 14.4 Å². The van der Waals surface area contributed by atoms with E-state index in [-0.39, 0.29) is 12.1 Å². The first-order valence-corrected chi connectivity index (χ1v) is 9.35. The number of H-pyrrole nitrogens is 1. The highest BCUT2D eigenvalue weighted by Crippen LogP contribution is 2.15. The van der Waals surface area contributed by atoms with Crippen molar-refractivity contribution in [2.45, 2.75) is 26.8 Å². The van der Waals surface area contributed by atoms with E-state index in [0.717, 1.165) is 5.56 Å². The van der Waals surface area contributed by atoms with E-state index in [0.29, 0.717) is 40.3 Å². The number of Topliss-reactive ketones (excluding diaryl/α,β-unsaturated/α-hetero) is 1. The van der Waals surface area contributed by atoms with Crippen LogP contribution in [0.2, 0.25) is 5.02 Å². The number of fused-ring (bicyclic) bond motifs is 1. The minimum atomic E-state index is -0.625. The molecule has 0 aliphatic carbocycles. The Bertz CT molecular complexity index is 1090. The molecular formula is C21H20ClN3O3. The number of hydrogen-bond acceptors (Lipinski definition) is 4. The van der Waals surface area contributed by atoms with Crippen LogP contribution < -0.4 is 5.56 Å². The molecule has 1 amide bonds. The van der Waals surface area contributed by atoms with Gasteiger partial charge in [-0.2, -0.15) is 0 Å². The van der Waals surface area contributed by atoms with Gasteiger partial charge in [-0.1, -0.05) is 48.4 Å². The Morgan fingerprint density at radius 1 is 1.14 bits per heavy atom. The maximum atomic E-state index is 12.8. The molecule has 2 aromatic carbocycles. The summed E-state index contributed by atoms with van der Waals surface area (Å²) in [5, 5.41) is 0.879. The third-order valence-electron chi connectivity index (χ3n) is 4.35. The zero-order chi connectivity index (χ0) is 20.3. The molecular weight excluding hydrogens is 378 g/mol. The number of carbonyl (C=O) groups is 2. The van der Waals surface area contributed by atoms with Crippen molar-refractivity contribution in [2.24, 2.45) is 0 Å². The number of aromatic nitrogens is 2. The van der Waals surface area contributed by atoms with Crippen LogP contribution in [0.3, 0.4) is 0 Å². The molecule has 0 aliphatic heterocycles. The van der Waals surface area contributed by atoms with Crippen molar-refractivity contribution >= 4 is 34.2 Å². The molecule has 1 aromatic heterocycles. The second kappa shape index (κ2) is 8.35. The topological polar surface area (TPSA) is 83.1 Å². The van der Waals surface area contributed by atoms with Crippen LogP contribution >= 0.6 is 11.6 Å². The fraction of sp³-hybridized carbons (Fsp3) is 0.238. The molecule has 0 radical (unpaired) electrons. The summed E-state index contributed by atoms with van der Waals surface area (Å²) < 4.78 is 0. The minimum Gasteiger partial charge on any atom is -0.328 e. The number of benzene rings is 2. The van der Waals surface area contributed by atoms with Crippen molar-refractivity contribution < 1.29 is 9.59 Å². The molecule has 1 N–H and O–H groups in total. The lowest BCUT2D eigenvalue weighted by molar-refractivity contribution is -0.127. The van der Waals surface area contributed by atoms with Crippen LogP contribution in [0.4, 0.5) is 0 Å². The van der Waals surface area contributed by atoms with Crippen molar-refractivity contribution in [3.63, 3.8) is 0 Å². The molecule has 0 fully saturated rings. The molecule has 0 atom stereocenters. The third kappa shape index (κ3) is 4.28. The van der Waals surface area contributed by atoms with Gasteiger partial charge in [-0.05, 0) is 31.5 Å². The molecule has 3 rings (SSSR count). The predicted molar refractivity (Wildman–Crippen MR) is 109 cm³/mol. The van der Waals surface area contributed by atoms with Gasteiger partial charge in [-0.15, -0.1) is 0 Å². The fourth-order valence-electron chi connectivity index (χ4n) is 2.91. The predicted octanol–water partition coefficient (Wildman–Crippen LogP) is 3.51. The second-order valence-corrected chi connectivity index (χ2v) is 7.03. The number of amides is 1. The van der Waals surface area contributed by atoms with Crippen LogP contribution in [0.1, 0.15) is 35.1 Å². The quantitative estimate of drug-likeness (QED) is 0.509. The molecule has 1 heterocycles. The first-order valence-electron chi connectivity index (χ1n) is 8.97. The van der Waals surface area contributed by atoms with Gasteiger partial charge >= 0.3 is 0 Å². The number of nitrogens with zero attached hydrogens (tertiary/aromatic N) is 2. The Morgan fingerprint density at radius 3 is 2.54 bits per heavy atom. The Hall–Kier alpha value is -2.99. The van der Waals surface area contributed by atoms with E-state index in [4.69, 9.17) is 11.6 Å². The van der Waals surface area contributed by atoms with Crippen molar-refractivity contribution in [3.8, 4) is 0 Å². The fourth-order valence-corrected chi connectivity index (χ4v) is 3.08. The van der Waals surface area contributed by atoms with Crippen LogP contribution in [-0.4, -0.2) is 33.1 Å². The lowest BCUT2D eigenvalue weighted by Gasteiger charge is -2.21. The van der Waals surface area contributed by atoms with Crippen LogP contribution in [0, 0.1) is 6.92 Å². The van der Waals surface area contributed by atoms with Crippen LogP contribution in [0.15, 0.2) is 47.3 Å². The summed E-state index contributed by atoms with van der Waals surface area (Å²) in [7, 11) is 0. The van der Waals surface area contributed by atoms with E-state index in [1.54, 1.807) is 42.5 Å². The van der Waals surface area contributed by atoms with E-state index in [1.807, 2.05) is 13.8 Å². The Labute approximate surface area is 167 Å². The summed E-state index contributed by atoms with van der Waals surface area (Å²) in [5.41, 5.74) is 1.47. The first-order chi connectivity index (χ1) is 13.4. The highest BCUT2D eigenvalue weighted by atomic mass is 35.5. The SMILES string of the molecule is CCCN(Cc1nc2cc(Cl)ccc2c(=O)[nH]1)C(=O)C(=O)c1ccc(C)cc1. The average Bonchev–Trinajstić information content (AvgIpc) is 2.67. The molecule has 0 aliphatic rings. The molecule has 0 saturated carbocycles. The first kappa shape index (κ1) is 19.8. The molecule has 0 bridgehead atoms. The summed E-state index contributed by atoms with van der Waals surface area (Å²) in [4.78, 5) is 46.1. The lowest BCUT2D eigenvalue weighted by Crippen LogP contribution is -2.37. The lowest BCUT2D eigenvalue weighted by atomic mass is 10.1. The van der Waals surface area contributed by atoms with Gasteiger partial charge in [-0.25, -0.2) is 4.98 Å². The minimum absolute atomic E-state index is 0.0297. The number of aryl methyl sites for hydroxylation is 1. The van der Waals surface area contributed by atoms with Gasteiger partial charge in [0, 0.05) is 17.1 Å². The zero-order valence-corrected chi connectivity index (χ0v) is 16.4. The zero-order valence-electron chi connectivity index (χ0n) is 15.7. The maximum absolute atomic E-state index is 12.8. The summed E-state index contributed by atoms with van der Waals surface area (Å²) >= 11 is 5.99. The number of halogens is 1. The smallest absolute Gasteiger partial charge is 0.295 e. The number of hydrogen-bond donors (Lipinski definition) is 1.